The van der Waals surface area contributed by atoms with E-state index < -0.39 is 0 Å². The Morgan fingerprint density at radius 1 is 1.21 bits per heavy atom. The van der Waals surface area contributed by atoms with Gasteiger partial charge in [-0.05, 0) is 74.8 Å². The first-order valence-corrected chi connectivity index (χ1v) is 12.5. The maximum Gasteiger partial charge on any atom is 0.249 e. The summed E-state index contributed by atoms with van der Waals surface area (Å²) in [5, 5.41) is 3.11. The molecule has 0 spiro atoms. The van der Waals surface area contributed by atoms with Crippen LogP contribution < -0.4 is 10.1 Å². The van der Waals surface area contributed by atoms with Crippen molar-refractivity contribution in [2.45, 2.75) is 78.0 Å². The lowest BCUT2D eigenvalue weighted by Crippen LogP contribution is -2.36. The Kier molecular flexibility index (Phi) is 7.88. The summed E-state index contributed by atoms with van der Waals surface area (Å²) in [4.78, 5) is 17.5. The molecule has 2 heterocycles. The number of benzene rings is 2. The van der Waals surface area contributed by atoms with Gasteiger partial charge in [0.25, 0.3) is 0 Å². The summed E-state index contributed by atoms with van der Waals surface area (Å²) in [5.74, 6) is 2.27. The van der Waals surface area contributed by atoms with Crippen molar-refractivity contribution in [1.29, 1.82) is 0 Å². The molecule has 3 aromatic rings. The zero-order valence-electron chi connectivity index (χ0n) is 20.8. The minimum Gasteiger partial charge on any atom is -0.493 e. The summed E-state index contributed by atoms with van der Waals surface area (Å²) in [7, 11) is 0. The van der Waals surface area contributed by atoms with E-state index in [-0.39, 0.29) is 18.1 Å². The highest BCUT2D eigenvalue weighted by atomic mass is 16.5. The Morgan fingerprint density at radius 2 is 2.03 bits per heavy atom. The summed E-state index contributed by atoms with van der Waals surface area (Å²) in [6.07, 6.45) is 3.29. The number of ether oxygens (including phenoxy) is 2. The number of hydrogen-bond donors (Lipinski definition) is 1. The molecule has 34 heavy (non-hydrogen) atoms. The predicted octanol–water partition coefficient (Wildman–Crippen LogP) is 5.68. The number of aromatic nitrogens is 2. The van der Waals surface area contributed by atoms with Gasteiger partial charge in [-0.2, -0.15) is 0 Å². The average molecular weight is 464 g/mol. The van der Waals surface area contributed by atoms with Crippen molar-refractivity contribution in [1.82, 2.24) is 14.9 Å². The maximum atomic E-state index is 12.6. The molecule has 6 heteroatoms. The standard InChI is InChI=1S/C28H37N3O3/c1-19(2)22-14-13-20(3)18-26(22)34-16-8-7-15-31-24-11-6-5-10-23(24)30-27(31)21(4)29-28(32)25-12-9-17-33-25/h5-6,10-11,13-14,18-19,21,25H,7-9,12,15-17H2,1-4H3,(H,29,32). The van der Waals surface area contributed by atoms with Crippen LogP contribution in [0.3, 0.4) is 0 Å². The number of hydrogen-bond acceptors (Lipinski definition) is 4. The molecule has 0 saturated carbocycles. The highest BCUT2D eigenvalue weighted by molar-refractivity contribution is 5.81. The number of imidazole rings is 1. The van der Waals surface area contributed by atoms with Crippen molar-refractivity contribution < 1.29 is 14.3 Å². The maximum absolute atomic E-state index is 12.6. The van der Waals surface area contributed by atoms with Gasteiger partial charge in [-0.3, -0.25) is 4.79 Å². The third kappa shape index (κ3) is 5.61. The van der Waals surface area contributed by atoms with Crippen molar-refractivity contribution in [3.63, 3.8) is 0 Å². The monoisotopic (exact) mass is 463 g/mol. The van der Waals surface area contributed by atoms with Crippen LogP contribution in [0.1, 0.15) is 75.4 Å². The molecule has 0 bridgehead atoms. The highest BCUT2D eigenvalue weighted by Gasteiger charge is 2.26. The van der Waals surface area contributed by atoms with Gasteiger partial charge in [0, 0.05) is 13.2 Å². The fraction of sp³-hybridized carbons (Fsp3) is 0.500. The number of nitrogens with zero attached hydrogens (tertiary/aromatic N) is 2. The first kappa shape index (κ1) is 24.3. The molecule has 0 aliphatic carbocycles. The number of fused-ring (bicyclic) bond motifs is 1. The van der Waals surface area contributed by atoms with E-state index in [0.29, 0.717) is 19.1 Å². The number of rotatable bonds is 10. The molecule has 1 fully saturated rings. The fourth-order valence-electron chi connectivity index (χ4n) is 4.61. The molecule has 1 aliphatic rings. The number of amides is 1. The van der Waals surface area contributed by atoms with Gasteiger partial charge < -0.3 is 19.4 Å². The summed E-state index contributed by atoms with van der Waals surface area (Å²) >= 11 is 0. The summed E-state index contributed by atoms with van der Waals surface area (Å²) in [5.41, 5.74) is 4.52. The zero-order chi connectivity index (χ0) is 24.1. The molecule has 1 aliphatic heterocycles. The molecule has 1 saturated heterocycles. The SMILES string of the molecule is Cc1ccc(C(C)C)c(OCCCCn2c(C(C)NC(=O)C3CCCO3)nc3ccccc32)c1. The summed E-state index contributed by atoms with van der Waals surface area (Å²) < 4.78 is 14.0. The smallest absolute Gasteiger partial charge is 0.249 e. The lowest BCUT2D eigenvalue weighted by atomic mass is 10.0. The van der Waals surface area contributed by atoms with Gasteiger partial charge in [0.1, 0.15) is 17.7 Å². The molecule has 182 valence electrons. The van der Waals surface area contributed by atoms with Crippen LogP contribution in [-0.4, -0.2) is 34.8 Å². The van der Waals surface area contributed by atoms with Gasteiger partial charge in [-0.1, -0.05) is 38.1 Å². The van der Waals surface area contributed by atoms with E-state index in [2.05, 4.69) is 54.9 Å². The Bertz CT molecular complexity index is 1120. The molecule has 4 rings (SSSR count). The molecule has 1 amide bonds. The van der Waals surface area contributed by atoms with Gasteiger partial charge in [0.05, 0.1) is 23.7 Å². The molecule has 6 nitrogen and oxygen atoms in total. The van der Waals surface area contributed by atoms with E-state index in [9.17, 15) is 4.79 Å². The summed E-state index contributed by atoms with van der Waals surface area (Å²) in [6, 6.07) is 14.4. The lowest BCUT2D eigenvalue weighted by Gasteiger charge is -2.18. The average Bonchev–Trinajstić information content (AvgIpc) is 3.47. The van der Waals surface area contributed by atoms with Crippen molar-refractivity contribution >= 4 is 16.9 Å². The van der Waals surface area contributed by atoms with Gasteiger partial charge in [0.2, 0.25) is 5.91 Å². The quantitative estimate of drug-likeness (QED) is 0.393. The minimum atomic E-state index is -0.338. The van der Waals surface area contributed by atoms with Crippen LogP contribution in [0, 0.1) is 6.92 Å². The third-order valence-electron chi connectivity index (χ3n) is 6.48. The van der Waals surface area contributed by atoms with Crippen LogP contribution in [0.25, 0.3) is 11.0 Å². The normalized spacial score (nSPS) is 16.8. The van der Waals surface area contributed by atoms with E-state index in [4.69, 9.17) is 14.5 Å². The van der Waals surface area contributed by atoms with Gasteiger partial charge in [0.15, 0.2) is 0 Å². The Labute approximate surface area is 202 Å². The fourth-order valence-corrected chi connectivity index (χ4v) is 4.61. The minimum absolute atomic E-state index is 0.0453. The largest absolute Gasteiger partial charge is 0.493 e. The molecule has 1 aromatic heterocycles. The third-order valence-corrected chi connectivity index (χ3v) is 6.48. The second-order valence-corrected chi connectivity index (χ2v) is 9.59. The molecule has 0 radical (unpaired) electrons. The van der Waals surface area contributed by atoms with E-state index in [1.165, 1.54) is 11.1 Å². The highest BCUT2D eigenvalue weighted by Crippen LogP contribution is 2.28. The van der Waals surface area contributed by atoms with Crippen LogP contribution in [0.4, 0.5) is 0 Å². The van der Waals surface area contributed by atoms with E-state index in [1.54, 1.807) is 0 Å². The zero-order valence-corrected chi connectivity index (χ0v) is 20.8. The van der Waals surface area contributed by atoms with Crippen LogP contribution in [0.15, 0.2) is 42.5 Å². The van der Waals surface area contributed by atoms with E-state index in [1.807, 2.05) is 25.1 Å². The van der Waals surface area contributed by atoms with E-state index >= 15 is 0 Å². The van der Waals surface area contributed by atoms with Crippen molar-refractivity contribution in [3.8, 4) is 5.75 Å². The van der Waals surface area contributed by atoms with Gasteiger partial charge in [-0.15, -0.1) is 0 Å². The van der Waals surface area contributed by atoms with Gasteiger partial charge >= 0.3 is 0 Å². The van der Waals surface area contributed by atoms with Crippen LogP contribution in [0.2, 0.25) is 0 Å². The Balaban J connectivity index is 1.40. The second kappa shape index (κ2) is 11.0. The number of para-hydroxylation sites is 2. The van der Waals surface area contributed by atoms with Crippen LogP contribution >= 0.6 is 0 Å². The molecular weight excluding hydrogens is 426 g/mol. The second-order valence-electron chi connectivity index (χ2n) is 9.59. The number of carbonyl (C=O) groups is 1. The Morgan fingerprint density at radius 3 is 2.79 bits per heavy atom. The van der Waals surface area contributed by atoms with Crippen LogP contribution in [0.5, 0.6) is 5.75 Å². The summed E-state index contributed by atoms with van der Waals surface area (Å²) in [6.45, 7) is 10.7. The van der Waals surface area contributed by atoms with E-state index in [0.717, 1.165) is 54.8 Å². The number of carbonyl (C=O) groups excluding carboxylic acids is 1. The molecule has 2 aromatic carbocycles. The molecule has 1 N–H and O–H groups in total. The van der Waals surface area contributed by atoms with Gasteiger partial charge in [-0.25, -0.2) is 4.98 Å². The van der Waals surface area contributed by atoms with Crippen LogP contribution in [-0.2, 0) is 16.1 Å². The lowest BCUT2D eigenvalue weighted by molar-refractivity contribution is -0.130. The van der Waals surface area contributed by atoms with Crippen molar-refractivity contribution in [2.24, 2.45) is 0 Å². The number of aryl methyl sites for hydroxylation is 2. The molecular formula is C28H37N3O3. The van der Waals surface area contributed by atoms with Crippen molar-refractivity contribution in [2.75, 3.05) is 13.2 Å². The Hall–Kier alpha value is -2.86. The number of nitrogens with one attached hydrogen (secondary N) is 1. The predicted molar refractivity (Wildman–Crippen MR) is 135 cm³/mol. The first-order chi connectivity index (χ1) is 16.4. The van der Waals surface area contributed by atoms with Crippen molar-refractivity contribution in [3.05, 3.63) is 59.4 Å². The molecule has 2 atom stereocenters. The number of unbranched alkanes of at least 4 members (excludes halogenated alkanes) is 1. The molecule has 2 unspecified atom stereocenters. The topological polar surface area (TPSA) is 65.4 Å². The first-order valence-electron chi connectivity index (χ1n) is 12.5.